The standard InChI is InChI=1S/C18H17N7/c1-23(18-10-20-14-4-2-3-5-15(14)21-18)13-11-24(12-13)17-7-6-16-19-8-9-25(16)22-17/h2-10,13H,11-12H2,1H3. The lowest BCUT2D eigenvalue weighted by Gasteiger charge is -2.44. The minimum atomic E-state index is 0.399. The number of likely N-dealkylation sites (N-methyl/N-ethyl adjacent to an activating group) is 1. The van der Waals surface area contributed by atoms with E-state index >= 15 is 0 Å². The van der Waals surface area contributed by atoms with Gasteiger partial charge in [0.05, 0.1) is 23.3 Å². The van der Waals surface area contributed by atoms with Crippen LogP contribution >= 0.6 is 0 Å². The average molecular weight is 331 g/mol. The van der Waals surface area contributed by atoms with Crippen molar-refractivity contribution >= 4 is 28.3 Å². The van der Waals surface area contributed by atoms with Gasteiger partial charge >= 0.3 is 0 Å². The average Bonchev–Trinajstić information content (AvgIpc) is 3.08. The van der Waals surface area contributed by atoms with Crippen LogP contribution in [0.2, 0.25) is 0 Å². The highest BCUT2D eigenvalue weighted by atomic mass is 15.4. The molecule has 1 fully saturated rings. The van der Waals surface area contributed by atoms with Gasteiger partial charge in [-0.3, -0.25) is 4.98 Å². The molecule has 4 aromatic rings. The molecule has 3 aromatic heterocycles. The Bertz CT molecular complexity index is 1050. The first-order valence-corrected chi connectivity index (χ1v) is 8.28. The summed E-state index contributed by atoms with van der Waals surface area (Å²) >= 11 is 0. The Morgan fingerprint density at radius 3 is 2.76 bits per heavy atom. The zero-order valence-electron chi connectivity index (χ0n) is 13.8. The van der Waals surface area contributed by atoms with Gasteiger partial charge in [0.25, 0.3) is 0 Å². The molecule has 0 unspecified atom stereocenters. The quantitative estimate of drug-likeness (QED) is 0.572. The first kappa shape index (κ1) is 14.2. The Balaban J connectivity index is 1.33. The number of hydrogen-bond acceptors (Lipinski definition) is 6. The predicted molar refractivity (Wildman–Crippen MR) is 96.9 cm³/mol. The fourth-order valence-corrected chi connectivity index (χ4v) is 3.17. The third-order valence-electron chi connectivity index (χ3n) is 4.77. The smallest absolute Gasteiger partial charge is 0.153 e. The molecule has 0 spiro atoms. The molecule has 1 aliphatic heterocycles. The fraction of sp³-hybridized carbons (Fsp3) is 0.222. The maximum atomic E-state index is 4.73. The molecule has 124 valence electrons. The van der Waals surface area contributed by atoms with Gasteiger partial charge in [-0.15, -0.1) is 5.10 Å². The highest BCUT2D eigenvalue weighted by Gasteiger charge is 2.32. The summed E-state index contributed by atoms with van der Waals surface area (Å²) in [5.41, 5.74) is 2.72. The van der Waals surface area contributed by atoms with E-state index in [1.54, 1.807) is 10.7 Å². The number of fused-ring (bicyclic) bond motifs is 2. The van der Waals surface area contributed by atoms with Crippen molar-refractivity contribution in [2.75, 3.05) is 29.9 Å². The van der Waals surface area contributed by atoms with Crippen LogP contribution in [0.4, 0.5) is 11.6 Å². The van der Waals surface area contributed by atoms with Crippen LogP contribution in [0.5, 0.6) is 0 Å². The van der Waals surface area contributed by atoms with E-state index in [1.807, 2.05) is 48.8 Å². The Kier molecular flexibility index (Phi) is 3.06. The number of benzene rings is 1. The van der Waals surface area contributed by atoms with E-state index in [9.17, 15) is 0 Å². The Hall–Kier alpha value is -3.22. The zero-order valence-corrected chi connectivity index (χ0v) is 13.8. The molecule has 7 heteroatoms. The Morgan fingerprint density at radius 2 is 1.88 bits per heavy atom. The number of rotatable bonds is 3. The van der Waals surface area contributed by atoms with Gasteiger partial charge < -0.3 is 9.80 Å². The van der Waals surface area contributed by atoms with Crippen molar-refractivity contribution in [3.8, 4) is 0 Å². The number of imidazole rings is 1. The van der Waals surface area contributed by atoms with E-state index in [-0.39, 0.29) is 0 Å². The number of para-hydroxylation sites is 2. The largest absolute Gasteiger partial charge is 0.352 e. The highest BCUT2D eigenvalue weighted by Crippen LogP contribution is 2.24. The van der Waals surface area contributed by atoms with Crippen LogP contribution in [0.3, 0.4) is 0 Å². The van der Waals surface area contributed by atoms with Gasteiger partial charge in [0.1, 0.15) is 11.6 Å². The highest BCUT2D eigenvalue weighted by molar-refractivity contribution is 5.75. The lowest BCUT2D eigenvalue weighted by atomic mass is 10.1. The molecule has 0 N–H and O–H groups in total. The van der Waals surface area contributed by atoms with Crippen LogP contribution in [0.15, 0.2) is 55.0 Å². The summed E-state index contributed by atoms with van der Waals surface area (Å²) in [7, 11) is 2.08. The molecule has 1 aromatic carbocycles. The molecule has 0 saturated carbocycles. The van der Waals surface area contributed by atoms with Crippen LogP contribution in [0.25, 0.3) is 16.7 Å². The van der Waals surface area contributed by atoms with Crippen LogP contribution in [0.1, 0.15) is 0 Å². The van der Waals surface area contributed by atoms with E-state index in [1.165, 1.54) is 0 Å². The molecule has 5 rings (SSSR count). The van der Waals surface area contributed by atoms with Gasteiger partial charge in [0.2, 0.25) is 0 Å². The van der Waals surface area contributed by atoms with E-state index in [0.717, 1.165) is 41.4 Å². The minimum Gasteiger partial charge on any atom is -0.352 e. The molecule has 0 bridgehead atoms. The normalized spacial score (nSPS) is 14.8. The van der Waals surface area contributed by atoms with Crippen molar-refractivity contribution in [3.05, 3.63) is 55.0 Å². The SMILES string of the molecule is CN(c1cnc2ccccc2n1)C1CN(c2ccc3nccn3n2)C1. The van der Waals surface area contributed by atoms with Crippen LogP contribution in [-0.4, -0.2) is 50.7 Å². The van der Waals surface area contributed by atoms with Crippen LogP contribution in [0, 0.1) is 0 Å². The van der Waals surface area contributed by atoms with E-state index in [2.05, 4.69) is 31.9 Å². The third kappa shape index (κ3) is 2.36. The molecule has 0 amide bonds. The van der Waals surface area contributed by atoms with Gasteiger partial charge in [-0.1, -0.05) is 12.1 Å². The van der Waals surface area contributed by atoms with Gasteiger partial charge in [-0.05, 0) is 24.3 Å². The van der Waals surface area contributed by atoms with E-state index < -0.39 is 0 Å². The summed E-state index contributed by atoms with van der Waals surface area (Å²) in [5, 5.41) is 4.60. The lowest BCUT2D eigenvalue weighted by molar-refractivity contribution is 0.487. The van der Waals surface area contributed by atoms with Gasteiger partial charge in [0.15, 0.2) is 5.65 Å². The Labute approximate surface area is 144 Å². The van der Waals surface area contributed by atoms with Gasteiger partial charge in [0, 0.05) is 32.5 Å². The maximum absolute atomic E-state index is 4.73. The number of aromatic nitrogens is 5. The summed E-state index contributed by atoms with van der Waals surface area (Å²) < 4.78 is 1.81. The number of hydrogen-bond donors (Lipinski definition) is 0. The molecular weight excluding hydrogens is 314 g/mol. The molecule has 25 heavy (non-hydrogen) atoms. The van der Waals surface area contributed by atoms with E-state index in [0.29, 0.717) is 6.04 Å². The zero-order chi connectivity index (χ0) is 16.8. The summed E-state index contributed by atoms with van der Waals surface area (Å²) in [4.78, 5) is 17.9. The second-order valence-electron chi connectivity index (χ2n) is 6.31. The molecule has 4 heterocycles. The second kappa shape index (κ2) is 5.41. The van der Waals surface area contributed by atoms with Gasteiger partial charge in [-0.2, -0.15) is 0 Å². The molecule has 1 saturated heterocycles. The summed E-state index contributed by atoms with van der Waals surface area (Å²) in [6, 6.07) is 12.4. The molecule has 0 radical (unpaired) electrons. The lowest BCUT2D eigenvalue weighted by Crippen LogP contribution is -2.59. The first-order valence-electron chi connectivity index (χ1n) is 8.28. The second-order valence-corrected chi connectivity index (χ2v) is 6.31. The van der Waals surface area contributed by atoms with Crippen molar-refractivity contribution in [1.82, 2.24) is 24.6 Å². The summed E-state index contributed by atoms with van der Waals surface area (Å²) in [6.07, 6.45) is 5.48. The molecule has 0 atom stereocenters. The van der Waals surface area contributed by atoms with Crippen LogP contribution in [-0.2, 0) is 0 Å². The monoisotopic (exact) mass is 331 g/mol. The topological polar surface area (TPSA) is 62.5 Å². The third-order valence-corrected chi connectivity index (χ3v) is 4.77. The van der Waals surface area contributed by atoms with Gasteiger partial charge in [-0.25, -0.2) is 14.5 Å². The molecular formula is C18H17N7. The summed E-state index contributed by atoms with van der Waals surface area (Å²) in [5.74, 6) is 1.88. The van der Waals surface area contributed by atoms with E-state index in [4.69, 9.17) is 4.98 Å². The predicted octanol–water partition coefficient (Wildman–Crippen LogP) is 2.00. The first-order chi connectivity index (χ1) is 12.3. The van der Waals surface area contributed by atoms with Crippen molar-refractivity contribution in [2.45, 2.75) is 6.04 Å². The molecule has 0 aliphatic carbocycles. The van der Waals surface area contributed by atoms with Crippen molar-refractivity contribution in [3.63, 3.8) is 0 Å². The molecule has 7 nitrogen and oxygen atoms in total. The van der Waals surface area contributed by atoms with Crippen LogP contribution < -0.4 is 9.80 Å². The molecule has 1 aliphatic rings. The fourth-order valence-electron chi connectivity index (χ4n) is 3.17. The maximum Gasteiger partial charge on any atom is 0.153 e. The van der Waals surface area contributed by atoms with Crippen molar-refractivity contribution in [2.24, 2.45) is 0 Å². The number of nitrogens with zero attached hydrogens (tertiary/aromatic N) is 7. The minimum absolute atomic E-state index is 0.399. The Morgan fingerprint density at radius 1 is 1.04 bits per heavy atom. The van der Waals surface area contributed by atoms with Crippen molar-refractivity contribution < 1.29 is 0 Å². The number of anilines is 2. The summed E-state index contributed by atoms with van der Waals surface area (Å²) in [6.45, 7) is 1.83. The van der Waals surface area contributed by atoms with Crippen molar-refractivity contribution in [1.29, 1.82) is 0 Å².